The first-order chi connectivity index (χ1) is 8.58. The molecule has 1 saturated heterocycles. The topological polar surface area (TPSA) is 49.4 Å². The number of amides is 2. The van der Waals surface area contributed by atoms with E-state index in [1.54, 1.807) is 6.92 Å². The van der Waals surface area contributed by atoms with Crippen molar-refractivity contribution >= 4 is 11.8 Å². The molecule has 102 valence electrons. The predicted octanol–water partition coefficient (Wildman–Crippen LogP) is 1.55. The Labute approximate surface area is 109 Å². The van der Waals surface area contributed by atoms with Crippen molar-refractivity contribution in [1.82, 2.24) is 10.2 Å². The summed E-state index contributed by atoms with van der Waals surface area (Å²) < 4.78 is 0. The molecule has 2 aliphatic rings. The van der Waals surface area contributed by atoms with Crippen molar-refractivity contribution in [2.45, 2.75) is 58.5 Å². The Balaban J connectivity index is 2.14. The molecule has 18 heavy (non-hydrogen) atoms. The Bertz CT molecular complexity index is 335. The van der Waals surface area contributed by atoms with Crippen molar-refractivity contribution in [1.29, 1.82) is 0 Å². The highest BCUT2D eigenvalue weighted by molar-refractivity contribution is 5.97. The molecular weight excluding hydrogens is 228 g/mol. The molecule has 0 bridgehead atoms. The lowest BCUT2D eigenvalue weighted by molar-refractivity contribution is -0.150. The summed E-state index contributed by atoms with van der Waals surface area (Å²) in [7, 11) is 0. The van der Waals surface area contributed by atoms with Crippen molar-refractivity contribution in [3.8, 4) is 0 Å². The lowest BCUT2D eigenvalue weighted by Gasteiger charge is -2.39. The van der Waals surface area contributed by atoms with Crippen LogP contribution in [-0.2, 0) is 9.59 Å². The third-order valence-electron chi connectivity index (χ3n) is 4.29. The van der Waals surface area contributed by atoms with Gasteiger partial charge in [-0.3, -0.25) is 9.59 Å². The highest BCUT2D eigenvalue weighted by Gasteiger charge is 2.46. The lowest BCUT2D eigenvalue weighted by atomic mass is 9.97. The SMILES string of the molecule is CCC(CC)CN1C(=O)C(C)NC(=O)C1C1CC1. The van der Waals surface area contributed by atoms with E-state index in [2.05, 4.69) is 19.2 Å². The van der Waals surface area contributed by atoms with Gasteiger partial charge >= 0.3 is 0 Å². The zero-order valence-electron chi connectivity index (χ0n) is 11.6. The fourth-order valence-electron chi connectivity index (χ4n) is 2.80. The second kappa shape index (κ2) is 5.29. The lowest BCUT2D eigenvalue weighted by Crippen LogP contribution is -2.63. The zero-order valence-corrected chi connectivity index (χ0v) is 11.6. The minimum Gasteiger partial charge on any atom is -0.343 e. The van der Waals surface area contributed by atoms with Crippen LogP contribution in [0.3, 0.4) is 0 Å². The van der Waals surface area contributed by atoms with E-state index in [9.17, 15) is 9.59 Å². The molecule has 2 amide bonds. The Hall–Kier alpha value is -1.06. The molecule has 0 aromatic rings. The quantitative estimate of drug-likeness (QED) is 0.807. The number of nitrogens with one attached hydrogen (secondary N) is 1. The molecule has 2 rings (SSSR count). The number of carbonyl (C=O) groups is 2. The van der Waals surface area contributed by atoms with Gasteiger partial charge in [0.05, 0.1) is 0 Å². The van der Waals surface area contributed by atoms with E-state index in [0.29, 0.717) is 11.8 Å². The first-order valence-electron chi connectivity index (χ1n) is 7.19. The molecule has 1 heterocycles. The fraction of sp³-hybridized carbons (Fsp3) is 0.857. The van der Waals surface area contributed by atoms with Crippen molar-refractivity contribution in [2.24, 2.45) is 11.8 Å². The number of hydrogen-bond acceptors (Lipinski definition) is 2. The summed E-state index contributed by atoms with van der Waals surface area (Å²) in [6, 6.07) is -0.559. The van der Waals surface area contributed by atoms with E-state index < -0.39 is 0 Å². The van der Waals surface area contributed by atoms with Crippen LogP contribution in [0.25, 0.3) is 0 Å². The van der Waals surface area contributed by atoms with E-state index in [-0.39, 0.29) is 23.9 Å². The van der Waals surface area contributed by atoms with Crippen LogP contribution in [0.2, 0.25) is 0 Å². The zero-order chi connectivity index (χ0) is 13.3. The van der Waals surface area contributed by atoms with Gasteiger partial charge in [-0.05, 0) is 31.6 Å². The van der Waals surface area contributed by atoms with Crippen molar-refractivity contribution in [3.05, 3.63) is 0 Å². The second-order valence-electron chi connectivity index (χ2n) is 5.69. The Morgan fingerprint density at radius 2 is 1.89 bits per heavy atom. The number of rotatable bonds is 5. The summed E-state index contributed by atoms with van der Waals surface area (Å²) in [6.45, 7) is 6.82. The van der Waals surface area contributed by atoms with Crippen LogP contribution in [0.15, 0.2) is 0 Å². The van der Waals surface area contributed by atoms with Gasteiger partial charge in [-0.1, -0.05) is 26.7 Å². The summed E-state index contributed by atoms with van der Waals surface area (Å²) in [4.78, 5) is 26.2. The van der Waals surface area contributed by atoms with Crippen LogP contribution in [0.5, 0.6) is 0 Å². The largest absolute Gasteiger partial charge is 0.343 e. The molecule has 4 nitrogen and oxygen atoms in total. The van der Waals surface area contributed by atoms with Crippen LogP contribution in [0.4, 0.5) is 0 Å². The first-order valence-corrected chi connectivity index (χ1v) is 7.19. The molecule has 0 aromatic heterocycles. The minimum atomic E-state index is -0.359. The van der Waals surface area contributed by atoms with Crippen molar-refractivity contribution in [3.63, 3.8) is 0 Å². The summed E-state index contributed by atoms with van der Waals surface area (Å²) in [5.41, 5.74) is 0. The Morgan fingerprint density at radius 3 is 2.39 bits per heavy atom. The van der Waals surface area contributed by atoms with E-state index in [0.717, 1.165) is 32.2 Å². The number of hydrogen-bond donors (Lipinski definition) is 1. The Kier molecular flexibility index (Phi) is 3.93. The molecule has 1 aliphatic heterocycles. The maximum absolute atomic E-state index is 12.3. The average molecular weight is 252 g/mol. The van der Waals surface area contributed by atoms with Gasteiger partial charge in [-0.15, -0.1) is 0 Å². The minimum absolute atomic E-state index is 0.0514. The molecule has 1 aliphatic carbocycles. The summed E-state index contributed by atoms with van der Waals surface area (Å²) in [6.07, 6.45) is 4.29. The second-order valence-corrected chi connectivity index (χ2v) is 5.69. The van der Waals surface area contributed by atoms with E-state index in [1.807, 2.05) is 4.90 Å². The first kappa shape index (κ1) is 13.4. The third kappa shape index (κ3) is 2.52. The van der Waals surface area contributed by atoms with Crippen LogP contribution in [-0.4, -0.2) is 35.3 Å². The van der Waals surface area contributed by atoms with Gasteiger partial charge < -0.3 is 10.2 Å². The smallest absolute Gasteiger partial charge is 0.245 e. The van der Waals surface area contributed by atoms with Gasteiger partial charge in [-0.2, -0.15) is 0 Å². The maximum Gasteiger partial charge on any atom is 0.245 e. The molecule has 2 atom stereocenters. The molecule has 1 saturated carbocycles. The van der Waals surface area contributed by atoms with Gasteiger partial charge in [0, 0.05) is 6.54 Å². The van der Waals surface area contributed by atoms with Gasteiger partial charge in [0.15, 0.2) is 0 Å². The van der Waals surface area contributed by atoms with Gasteiger partial charge in [0.2, 0.25) is 11.8 Å². The number of piperazine rings is 1. The standard InChI is InChI=1S/C14H24N2O2/c1-4-10(5-2)8-16-12(11-6-7-11)13(17)15-9(3)14(16)18/h9-12H,4-8H2,1-3H3,(H,15,17). The average Bonchev–Trinajstić information content (AvgIpc) is 3.16. The van der Waals surface area contributed by atoms with Crippen LogP contribution in [0, 0.1) is 11.8 Å². The Morgan fingerprint density at radius 1 is 1.28 bits per heavy atom. The molecule has 0 aromatic carbocycles. The van der Waals surface area contributed by atoms with Crippen LogP contribution < -0.4 is 5.32 Å². The molecule has 2 unspecified atom stereocenters. The van der Waals surface area contributed by atoms with E-state index in [4.69, 9.17) is 0 Å². The molecule has 0 spiro atoms. The summed E-state index contributed by atoms with van der Waals surface area (Å²) in [5.74, 6) is 1.05. The highest BCUT2D eigenvalue weighted by Crippen LogP contribution is 2.37. The monoisotopic (exact) mass is 252 g/mol. The van der Waals surface area contributed by atoms with Crippen LogP contribution in [0.1, 0.15) is 46.5 Å². The molecule has 1 N–H and O–H groups in total. The molecule has 4 heteroatoms. The predicted molar refractivity (Wildman–Crippen MR) is 69.9 cm³/mol. The normalized spacial score (nSPS) is 28.8. The van der Waals surface area contributed by atoms with Gasteiger partial charge in [-0.25, -0.2) is 0 Å². The van der Waals surface area contributed by atoms with Crippen molar-refractivity contribution in [2.75, 3.05) is 6.54 Å². The summed E-state index contributed by atoms with van der Waals surface area (Å²) in [5, 5.41) is 2.81. The van der Waals surface area contributed by atoms with Crippen LogP contribution >= 0.6 is 0 Å². The van der Waals surface area contributed by atoms with Gasteiger partial charge in [0.25, 0.3) is 0 Å². The van der Waals surface area contributed by atoms with Gasteiger partial charge in [0.1, 0.15) is 12.1 Å². The third-order valence-corrected chi connectivity index (χ3v) is 4.29. The van der Waals surface area contributed by atoms with Crippen molar-refractivity contribution < 1.29 is 9.59 Å². The summed E-state index contributed by atoms with van der Waals surface area (Å²) >= 11 is 0. The number of nitrogens with zero attached hydrogens (tertiary/aromatic N) is 1. The van der Waals surface area contributed by atoms with E-state index in [1.165, 1.54) is 0 Å². The fourth-order valence-corrected chi connectivity index (χ4v) is 2.80. The number of carbonyl (C=O) groups excluding carboxylic acids is 2. The molecule has 0 radical (unpaired) electrons. The maximum atomic E-state index is 12.3. The highest BCUT2D eigenvalue weighted by atomic mass is 16.2. The van der Waals surface area contributed by atoms with E-state index >= 15 is 0 Å². The molecule has 2 fully saturated rings. The molecular formula is C14H24N2O2.